The van der Waals surface area contributed by atoms with Crippen molar-refractivity contribution >= 4 is 11.1 Å². The maximum Gasteiger partial charge on any atom is 0.227 e. The van der Waals surface area contributed by atoms with Gasteiger partial charge in [-0.3, -0.25) is 0 Å². The lowest BCUT2D eigenvalue weighted by Gasteiger charge is -2.14. The molecule has 6 nitrogen and oxygen atoms in total. The third-order valence-corrected chi connectivity index (χ3v) is 9.22. The topological polar surface area (TPSA) is 88.5 Å². The van der Waals surface area contributed by atoms with Crippen LogP contribution < -0.4 is 0 Å². The molecule has 0 atom stereocenters. The Hall–Kier alpha value is -7.49. The Morgan fingerprint density at radius 3 is 1.53 bits per heavy atom. The van der Waals surface area contributed by atoms with Crippen LogP contribution in [0.15, 0.2) is 180 Å². The lowest BCUT2D eigenvalue weighted by molar-refractivity contribution is 0.620. The number of para-hydroxylation sites is 2. The molecular weight excluding hydrogens is 651 g/mol. The molecule has 53 heavy (non-hydrogen) atoms. The first-order chi connectivity index (χ1) is 26.2. The van der Waals surface area contributed by atoms with Gasteiger partial charge in [0.05, 0.1) is 11.6 Å². The Kier molecular flexibility index (Phi) is 8.12. The first kappa shape index (κ1) is 31.5. The van der Waals surface area contributed by atoms with Crippen molar-refractivity contribution in [3.05, 3.63) is 181 Å². The molecule has 0 bridgehead atoms. The van der Waals surface area contributed by atoms with Crippen LogP contribution in [-0.4, -0.2) is 19.9 Å². The predicted octanol–water partition coefficient (Wildman–Crippen LogP) is 11.6. The lowest BCUT2D eigenvalue weighted by Crippen LogP contribution is -2.02. The normalized spacial score (nSPS) is 11.0. The van der Waals surface area contributed by atoms with Crippen LogP contribution in [0.25, 0.3) is 90.1 Å². The average Bonchev–Trinajstić information content (AvgIpc) is 3.69. The minimum absolute atomic E-state index is 0.548. The van der Waals surface area contributed by atoms with E-state index < -0.39 is 0 Å². The van der Waals surface area contributed by atoms with Crippen molar-refractivity contribution in [3.63, 3.8) is 0 Å². The van der Waals surface area contributed by atoms with E-state index in [9.17, 15) is 5.26 Å². The minimum Gasteiger partial charge on any atom is -0.436 e. The number of rotatable bonds is 7. The van der Waals surface area contributed by atoms with Crippen molar-refractivity contribution in [2.45, 2.75) is 0 Å². The minimum atomic E-state index is 0.548. The number of hydrogen-bond acceptors (Lipinski definition) is 6. The van der Waals surface area contributed by atoms with Crippen LogP contribution in [-0.2, 0) is 0 Å². The number of fused-ring (bicyclic) bond motifs is 1. The number of nitriles is 1. The van der Waals surface area contributed by atoms with Crippen molar-refractivity contribution in [1.29, 1.82) is 5.26 Å². The Balaban J connectivity index is 1.16. The fourth-order valence-corrected chi connectivity index (χ4v) is 6.64. The van der Waals surface area contributed by atoms with Gasteiger partial charge in [0.2, 0.25) is 5.89 Å². The Morgan fingerprint density at radius 1 is 0.377 bits per heavy atom. The van der Waals surface area contributed by atoms with Crippen molar-refractivity contribution in [1.82, 2.24) is 19.9 Å². The van der Waals surface area contributed by atoms with Crippen LogP contribution in [0.4, 0.5) is 0 Å². The molecule has 9 aromatic rings. The van der Waals surface area contributed by atoms with Gasteiger partial charge in [-0.25, -0.2) is 19.9 Å². The molecule has 0 N–H and O–H groups in total. The zero-order chi connectivity index (χ0) is 35.6. The summed E-state index contributed by atoms with van der Waals surface area (Å²) in [6, 6.07) is 60.7. The van der Waals surface area contributed by atoms with Crippen molar-refractivity contribution < 1.29 is 4.42 Å². The van der Waals surface area contributed by atoms with E-state index in [1.54, 1.807) is 6.07 Å². The fraction of sp³-hybridized carbons (Fsp3) is 0. The number of oxazole rings is 1. The van der Waals surface area contributed by atoms with Gasteiger partial charge >= 0.3 is 0 Å². The van der Waals surface area contributed by atoms with E-state index in [-0.39, 0.29) is 0 Å². The van der Waals surface area contributed by atoms with Crippen molar-refractivity contribution in [2.75, 3.05) is 0 Å². The fourth-order valence-electron chi connectivity index (χ4n) is 6.64. The summed E-state index contributed by atoms with van der Waals surface area (Å²) in [5.74, 6) is 2.28. The highest BCUT2D eigenvalue weighted by Crippen LogP contribution is 2.37. The summed E-state index contributed by atoms with van der Waals surface area (Å²) >= 11 is 0. The molecule has 0 radical (unpaired) electrons. The van der Waals surface area contributed by atoms with E-state index in [0.29, 0.717) is 28.9 Å². The summed E-state index contributed by atoms with van der Waals surface area (Å²) in [6.45, 7) is 0. The molecule has 0 aliphatic heterocycles. The summed E-state index contributed by atoms with van der Waals surface area (Å²) in [5.41, 5.74) is 11.7. The average molecular weight is 680 g/mol. The van der Waals surface area contributed by atoms with Gasteiger partial charge in [0.25, 0.3) is 0 Å². The summed E-state index contributed by atoms with van der Waals surface area (Å²) in [6.07, 6.45) is 0. The van der Waals surface area contributed by atoms with Crippen molar-refractivity contribution in [3.8, 4) is 85.1 Å². The Bertz CT molecular complexity index is 2780. The monoisotopic (exact) mass is 679 g/mol. The first-order valence-electron chi connectivity index (χ1n) is 17.3. The molecule has 9 rings (SSSR count). The molecule has 2 heterocycles. The lowest BCUT2D eigenvalue weighted by atomic mass is 9.95. The third kappa shape index (κ3) is 6.24. The van der Waals surface area contributed by atoms with Gasteiger partial charge in [-0.15, -0.1) is 0 Å². The van der Waals surface area contributed by atoms with E-state index >= 15 is 0 Å². The molecule has 0 saturated heterocycles. The van der Waals surface area contributed by atoms with E-state index in [1.165, 1.54) is 0 Å². The zero-order valence-electron chi connectivity index (χ0n) is 28.4. The van der Waals surface area contributed by atoms with Gasteiger partial charge in [-0.1, -0.05) is 133 Å². The zero-order valence-corrected chi connectivity index (χ0v) is 28.4. The van der Waals surface area contributed by atoms with Crippen LogP contribution in [0.2, 0.25) is 0 Å². The summed E-state index contributed by atoms with van der Waals surface area (Å²) in [5, 5.41) is 9.62. The first-order valence-corrected chi connectivity index (χ1v) is 17.3. The molecule has 0 fully saturated rings. The second-order valence-electron chi connectivity index (χ2n) is 12.6. The standard InChI is InChI=1S/C47H29N5O/c48-30-31-13-10-18-35(27-31)38-21-4-6-23-40(38)45-50-44(32-14-2-1-3-15-32)51-46(52-45)41-24-7-5-22-39(41)36-19-11-16-33(28-36)34-17-12-20-37(29-34)47-49-42-25-8-9-26-43(42)53-47/h1-29H. The summed E-state index contributed by atoms with van der Waals surface area (Å²) in [4.78, 5) is 20.0. The maximum atomic E-state index is 9.62. The Morgan fingerprint density at radius 2 is 0.868 bits per heavy atom. The second kappa shape index (κ2) is 13.7. The number of nitrogens with zero attached hydrogens (tertiary/aromatic N) is 5. The van der Waals surface area contributed by atoms with Gasteiger partial charge in [0, 0.05) is 22.3 Å². The van der Waals surface area contributed by atoms with Crippen LogP contribution in [0.1, 0.15) is 5.56 Å². The van der Waals surface area contributed by atoms with E-state index in [1.807, 2.05) is 121 Å². The van der Waals surface area contributed by atoms with Crippen molar-refractivity contribution in [2.24, 2.45) is 0 Å². The second-order valence-corrected chi connectivity index (χ2v) is 12.6. The third-order valence-electron chi connectivity index (χ3n) is 9.22. The summed E-state index contributed by atoms with van der Waals surface area (Å²) < 4.78 is 6.09. The van der Waals surface area contributed by atoms with Crippen LogP contribution in [0.5, 0.6) is 0 Å². The van der Waals surface area contributed by atoms with E-state index in [4.69, 9.17) is 24.4 Å². The highest BCUT2D eigenvalue weighted by molar-refractivity contribution is 5.86. The smallest absolute Gasteiger partial charge is 0.227 e. The summed E-state index contributed by atoms with van der Waals surface area (Å²) in [7, 11) is 0. The quantitative estimate of drug-likeness (QED) is 0.167. The molecule has 0 aliphatic carbocycles. The van der Waals surface area contributed by atoms with Crippen LogP contribution in [0.3, 0.4) is 0 Å². The maximum absolute atomic E-state index is 9.62. The number of hydrogen-bond donors (Lipinski definition) is 0. The predicted molar refractivity (Wildman–Crippen MR) is 210 cm³/mol. The molecule has 0 aliphatic rings. The number of benzene rings is 7. The Labute approximate surface area is 306 Å². The molecule has 2 aromatic heterocycles. The largest absolute Gasteiger partial charge is 0.436 e. The van der Waals surface area contributed by atoms with Gasteiger partial charge < -0.3 is 4.42 Å². The molecule has 0 spiro atoms. The van der Waals surface area contributed by atoms with Gasteiger partial charge in [0.15, 0.2) is 23.1 Å². The van der Waals surface area contributed by atoms with Gasteiger partial charge in [-0.05, 0) is 75.8 Å². The molecule has 6 heteroatoms. The SMILES string of the molecule is N#Cc1cccc(-c2ccccc2-c2nc(-c3ccccc3)nc(-c3ccccc3-c3cccc(-c4cccc(-c5nc6ccccc6o5)c4)c3)n2)c1. The van der Waals surface area contributed by atoms with Crippen LogP contribution >= 0.6 is 0 Å². The van der Waals surface area contributed by atoms with E-state index in [0.717, 1.165) is 66.7 Å². The number of aromatic nitrogens is 4. The molecule has 7 aromatic carbocycles. The molecule has 0 unspecified atom stereocenters. The molecule has 0 amide bonds. The van der Waals surface area contributed by atoms with Gasteiger partial charge in [-0.2, -0.15) is 5.26 Å². The highest BCUT2D eigenvalue weighted by atomic mass is 16.3. The van der Waals surface area contributed by atoms with E-state index in [2.05, 4.69) is 54.6 Å². The van der Waals surface area contributed by atoms with Gasteiger partial charge in [0.1, 0.15) is 5.52 Å². The highest BCUT2D eigenvalue weighted by Gasteiger charge is 2.18. The molecule has 0 saturated carbocycles. The van der Waals surface area contributed by atoms with Crippen LogP contribution in [0, 0.1) is 11.3 Å². The molecular formula is C47H29N5O. The molecule has 248 valence electrons.